The van der Waals surface area contributed by atoms with Gasteiger partial charge >= 0.3 is 0 Å². The Morgan fingerprint density at radius 2 is 2.28 bits per heavy atom. The number of nitrogens with one attached hydrogen (secondary N) is 1. The first kappa shape index (κ1) is 13.5. The van der Waals surface area contributed by atoms with Crippen LogP contribution in [0.1, 0.15) is 51.4 Å². The maximum Gasteiger partial charge on any atom is 0.228 e. The van der Waals surface area contributed by atoms with Crippen LogP contribution in [0.15, 0.2) is 4.52 Å². The molecule has 2 unspecified atom stereocenters. The molecule has 2 atom stereocenters. The van der Waals surface area contributed by atoms with Crippen LogP contribution in [-0.4, -0.2) is 29.8 Å². The molecule has 0 spiro atoms. The normalized spacial score (nSPS) is 22.3. The second-order valence-corrected chi connectivity index (χ2v) is 6.03. The number of methoxy groups -OCH3 is 1. The predicted octanol–water partition coefficient (Wildman–Crippen LogP) is 2.10. The van der Waals surface area contributed by atoms with E-state index in [1.165, 1.54) is 12.8 Å². The lowest BCUT2D eigenvalue weighted by Crippen LogP contribution is -2.24. The van der Waals surface area contributed by atoms with Gasteiger partial charge in [0.15, 0.2) is 0 Å². The van der Waals surface area contributed by atoms with E-state index < -0.39 is 0 Å². The zero-order valence-electron chi connectivity index (χ0n) is 11.7. The van der Waals surface area contributed by atoms with Crippen molar-refractivity contribution in [2.75, 3.05) is 13.7 Å². The van der Waals surface area contributed by atoms with E-state index in [9.17, 15) is 0 Å². The van der Waals surface area contributed by atoms with E-state index in [-0.39, 0.29) is 11.5 Å². The molecular weight excluding hydrogens is 230 g/mol. The molecule has 0 bridgehead atoms. The Balaban J connectivity index is 2.04. The van der Waals surface area contributed by atoms with Gasteiger partial charge < -0.3 is 14.6 Å². The Labute approximate surface area is 108 Å². The molecule has 1 aliphatic heterocycles. The number of nitrogens with zero attached hydrogens (tertiary/aromatic N) is 2. The average molecular weight is 253 g/mol. The molecule has 0 saturated carbocycles. The fourth-order valence-corrected chi connectivity index (χ4v) is 2.45. The van der Waals surface area contributed by atoms with Crippen molar-refractivity contribution in [2.45, 2.75) is 52.2 Å². The monoisotopic (exact) mass is 253 g/mol. The van der Waals surface area contributed by atoms with Gasteiger partial charge in [-0.25, -0.2) is 0 Å². The Morgan fingerprint density at radius 3 is 2.83 bits per heavy atom. The highest BCUT2D eigenvalue weighted by Crippen LogP contribution is 2.33. The zero-order chi connectivity index (χ0) is 13.2. The first-order valence-electron chi connectivity index (χ1n) is 6.59. The van der Waals surface area contributed by atoms with E-state index in [2.05, 4.69) is 36.2 Å². The lowest BCUT2D eigenvalue weighted by Gasteiger charge is -2.26. The highest BCUT2D eigenvalue weighted by atomic mass is 16.5. The highest BCUT2D eigenvalue weighted by molar-refractivity contribution is 4.98. The molecule has 102 valence electrons. The van der Waals surface area contributed by atoms with Crippen LogP contribution in [0.5, 0.6) is 0 Å². The smallest absolute Gasteiger partial charge is 0.228 e. The van der Waals surface area contributed by atoms with E-state index in [0.717, 1.165) is 13.0 Å². The summed E-state index contributed by atoms with van der Waals surface area (Å²) in [6.07, 6.45) is 3.10. The Kier molecular flexibility index (Phi) is 4.02. The molecule has 1 saturated heterocycles. The SMILES string of the molecule is COC(c1noc(CC2CCCN2)n1)C(C)(C)C. The fraction of sp³-hybridized carbons (Fsp3) is 0.846. The van der Waals surface area contributed by atoms with Crippen LogP contribution in [0.3, 0.4) is 0 Å². The predicted molar refractivity (Wildman–Crippen MR) is 68.2 cm³/mol. The van der Waals surface area contributed by atoms with Gasteiger partial charge in [0.2, 0.25) is 11.7 Å². The molecule has 0 aliphatic carbocycles. The Hall–Kier alpha value is -0.940. The van der Waals surface area contributed by atoms with Crippen molar-refractivity contribution < 1.29 is 9.26 Å². The average Bonchev–Trinajstić information content (AvgIpc) is 2.90. The molecule has 0 amide bonds. The number of hydrogen-bond donors (Lipinski definition) is 1. The Morgan fingerprint density at radius 1 is 1.50 bits per heavy atom. The van der Waals surface area contributed by atoms with E-state index in [0.29, 0.717) is 17.8 Å². The van der Waals surface area contributed by atoms with Gasteiger partial charge in [-0.3, -0.25) is 0 Å². The summed E-state index contributed by atoms with van der Waals surface area (Å²) in [5, 5.41) is 7.49. The molecule has 1 aliphatic rings. The molecule has 1 N–H and O–H groups in total. The molecule has 5 heteroatoms. The quantitative estimate of drug-likeness (QED) is 0.890. The summed E-state index contributed by atoms with van der Waals surface area (Å²) in [6, 6.07) is 0.480. The van der Waals surface area contributed by atoms with Gasteiger partial charge in [-0.2, -0.15) is 4.98 Å². The van der Waals surface area contributed by atoms with Crippen LogP contribution in [0.2, 0.25) is 0 Å². The summed E-state index contributed by atoms with van der Waals surface area (Å²) < 4.78 is 10.8. The standard InChI is InChI=1S/C13H23N3O2/c1-13(2,3)11(17-4)12-15-10(18-16-12)8-9-6-5-7-14-9/h9,11,14H,5-8H2,1-4H3. The van der Waals surface area contributed by atoms with Crippen molar-refractivity contribution in [3.63, 3.8) is 0 Å². The van der Waals surface area contributed by atoms with Crippen LogP contribution in [0.25, 0.3) is 0 Å². The summed E-state index contributed by atoms with van der Waals surface area (Å²) in [5.74, 6) is 1.36. The summed E-state index contributed by atoms with van der Waals surface area (Å²) in [7, 11) is 1.68. The van der Waals surface area contributed by atoms with Gasteiger partial charge in [0.1, 0.15) is 6.10 Å². The summed E-state index contributed by atoms with van der Waals surface area (Å²) in [6.45, 7) is 7.41. The van der Waals surface area contributed by atoms with Gasteiger partial charge in [-0.1, -0.05) is 25.9 Å². The lowest BCUT2D eigenvalue weighted by molar-refractivity contribution is 0.00718. The van der Waals surface area contributed by atoms with Gasteiger partial charge in [0, 0.05) is 19.6 Å². The van der Waals surface area contributed by atoms with Crippen molar-refractivity contribution in [1.82, 2.24) is 15.5 Å². The lowest BCUT2D eigenvalue weighted by atomic mass is 9.88. The van der Waals surface area contributed by atoms with Gasteiger partial charge in [0.25, 0.3) is 0 Å². The second kappa shape index (κ2) is 5.36. The van der Waals surface area contributed by atoms with Crippen molar-refractivity contribution in [3.8, 4) is 0 Å². The van der Waals surface area contributed by atoms with Crippen molar-refractivity contribution in [3.05, 3.63) is 11.7 Å². The number of hydrogen-bond acceptors (Lipinski definition) is 5. The van der Waals surface area contributed by atoms with Crippen molar-refractivity contribution >= 4 is 0 Å². The molecular formula is C13H23N3O2. The van der Waals surface area contributed by atoms with Crippen LogP contribution in [0, 0.1) is 5.41 Å². The molecule has 5 nitrogen and oxygen atoms in total. The zero-order valence-corrected chi connectivity index (χ0v) is 11.7. The summed E-state index contributed by atoms with van der Waals surface area (Å²) >= 11 is 0. The molecule has 1 fully saturated rings. The van der Waals surface area contributed by atoms with Crippen LogP contribution in [-0.2, 0) is 11.2 Å². The van der Waals surface area contributed by atoms with Crippen LogP contribution >= 0.6 is 0 Å². The molecule has 0 radical (unpaired) electrons. The van der Waals surface area contributed by atoms with Crippen LogP contribution < -0.4 is 5.32 Å². The van der Waals surface area contributed by atoms with Gasteiger partial charge in [0.05, 0.1) is 0 Å². The first-order valence-corrected chi connectivity index (χ1v) is 6.59. The van der Waals surface area contributed by atoms with Gasteiger partial charge in [-0.05, 0) is 24.8 Å². The minimum absolute atomic E-state index is 0.0402. The second-order valence-electron chi connectivity index (χ2n) is 6.03. The third-order valence-corrected chi connectivity index (χ3v) is 3.32. The van der Waals surface area contributed by atoms with E-state index >= 15 is 0 Å². The number of rotatable bonds is 4. The number of aromatic nitrogens is 2. The molecule has 2 rings (SSSR count). The van der Waals surface area contributed by atoms with Crippen molar-refractivity contribution in [2.24, 2.45) is 5.41 Å². The van der Waals surface area contributed by atoms with Crippen LogP contribution in [0.4, 0.5) is 0 Å². The van der Waals surface area contributed by atoms with E-state index in [1.54, 1.807) is 7.11 Å². The molecule has 1 aromatic heterocycles. The Bertz CT molecular complexity index is 378. The van der Waals surface area contributed by atoms with E-state index in [1.807, 2.05) is 0 Å². The minimum Gasteiger partial charge on any atom is -0.373 e. The highest BCUT2D eigenvalue weighted by Gasteiger charge is 2.31. The maximum atomic E-state index is 5.48. The third kappa shape index (κ3) is 3.09. The fourth-order valence-electron chi connectivity index (χ4n) is 2.45. The first-order chi connectivity index (χ1) is 8.50. The molecule has 18 heavy (non-hydrogen) atoms. The number of ether oxygens (including phenoxy) is 1. The minimum atomic E-state index is -0.133. The molecule has 1 aromatic rings. The molecule has 0 aromatic carbocycles. The summed E-state index contributed by atoms with van der Waals surface area (Å²) in [5.41, 5.74) is -0.0402. The maximum absolute atomic E-state index is 5.48. The van der Waals surface area contributed by atoms with Gasteiger partial charge in [-0.15, -0.1) is 0 Å². The third-order valence-electron chi connectivity index (χ3n) is 3.32. The largest absolute Gasteiger partial charge is 0.373 e. The molecule has 2 heterocycles. The van der Waals surface area contributed by atoms with Crippen molar-refractivity contribution in [1.29, 1.82) is 0 Å². The summed E-state index contributed by atoms with van der Waals surface area (Å²) in [4.78, 5) is 4.47. The van der Waals surface area contributed by atoms with E-state index in [4.69, 9.17) is 9.26 Å². The topological polar surface area (TPSA) is 60.2 Å².